The van der Waals surface area contributed by atoms with Gasteiger partial charge in [0, 0.05) is 42.8 Å². The molecule has 0 unspecified atom stereocenters. The van der Waals surface area contributed by atoms with E-state index in [-0.39, 0.29) is 49.1 Å². The van der Waals surface area contributed by atoms with Crippen molar-refractivity contribution in [2.24, 2.45) is 5.92 Å². The Labute approximate surface area is 244 Å². The molecule has 0 bridgehead atoms. The molecule has 1 aliphatic heterocycles. The van der Waals surface area contributed by atoms with E-state index >= 15 is 0 Å². The average molecular weight is 567 g/mol. The van der Waals surface area contributed by atoms with Gasteiger partial charge in [-0.1, -0.05) is 38.3 Å². The van der Waals surface area contributed by atoms with Gasteiger partial charge >= 0.3 is 6.03 Å². The number of aliphatic hydroxyl groups excluding tert-OH is 1. The number of fused-ring (bicyclic) bond motifs is 1. The van der Waals surface area contributed by atoms with Crippen LogP contribution in [-0.4, -0.2) is 78.9 Å². The first-order chi connectivity index (χ1) is 19.7. The smallest absolute Gasteiger partial charge is 0.319 e. The Hall–Kier alpha value is -3.30. The fourth-order valence-corrected chi connectivity index (χ4v) is 5.74. The van der Waals surface area contributed by atoms with E-state index in [1.54, 1.807) is 12.0 Å². The largest absolute Gasteiger partial charge is 0.497 e. The number of urea groups is 1. The van der Waals surface area contributed by atoms with Crippen molar-refractivity contribution in [1.82, 2.24) is 15.1 Å². The molecule has 0 spiro atoms. The van der Waals surface area contributed by atoms with Crippen LogP contribution in [0.5, 0.6) is 11.5 Å². The number of benzene rings is 2. The van der Waals surface area contributed by atoms with Gasteiger partial charge in [-0.2, -0.15) is 0 Å². The Morgan fingerprint density at radius 2 is 1.90 bits per heavy atom. The summed E-state index contributed by atoms with van der Waals surface area (Å²) in [5.74, 6) is 1.41. The van der Waals surface area contributed by atoms with E-state index in [1.165, 1.54) is 6.42 Å². The summed E-state index contributed by atoms with van der Waals surface area (Å²) in [7, 11) is 3.72. The van der Waals surface area contributed by atoms with Crippen molar-refractivity contribution in [2.75, 3.05) is 39.2 Å². The minimum atomic E-state index is -0.313. The van der Waals surface area contributed by atoms with Crippen LogP contribution in [0.3, 0.4) is 0 Å². The number of ether oxygens (including phenoxy) is 2. The van der Waals surface area contributed by atoms with Crippen LogP contribution in [0.4, 0.5) is 10.5 Å². The number of likely N-dealkylation sites (N-methyl/N-ethyl adjacent to an activating group) is 1. The van der Waals surface area contributed by atoms with Crippen molar-refractivity contribution < 1.29 is 24.2 Å². The zero-order chi connectivity index (χ0) is 29.4. The molecule has 3 amide bonds. The molecular formula is C32H46N4O5. The highest BCUT2D eigenvalue weighted by Crippen LogP contribution is 2.29. The van der Waals surface area contributed by atoms with Crippen LogP contribution in [0.25, 0.3) is 0 Å². The Balaban J connectivity index is 1.52. The monoisotopic (exact) mass is 566 g/mol. The summed E-state index contributed by atoms with van der Waals surface area (Å²) in [4.78, 5) is 30.2. The minimum Gasteiger partial charge on any atom is -0.497 e. The summed E-state index contributed by atoms with van der Waals surface area (Å²) in [6.45, 7) is 5.70. The normalized spacial score (nSPS) is 20.7. The molecule has 2 aromatic rings. The summed E-state index contributed by atoms with van der Waals surface area (Å²) in [5.41, 5.74) is 2.51. The van der Waals surface area contributed by atoms with Gasteiger partial charge in [0.15, 0.2) is 0 Å². The molecule has 41 heavy (non-hydrogen) atoms. The van der Waals surface area contributed by atoms with E-state index in [1.807, 2.05) is 37.3 Å². The van der Waals surface area contributed by atoms with Gasteiger partial charge in [0.1, 0.15) is 17.6 Å². The first-order valence-corrected chi connectivity index (χ1v) is 14.8. The van der Waals surface area contributed by atoms with E-state index < -0.39 is 0 Å². The van der Waals surface area contributed by atoms with Crippen molar-refractivity contribution in [1.29, 1.82) is 0 Å². The molecule has 3 atom stereocenters. The molecule has 0 aromatic heterocycles. The number of nitrogens with zero attached hydrogens (tertiary/aromatic N) is 2. The number of nitrogens with one attached hydrogen (secondary N) is 2. The van der Waals surface area contributed by atoms with Crippen molar-refractivity contribution in [3.8, 4) is 11.5 Å². The molecule has 1 heterocycles. The predicted molar refractivity (Wildman–Crippen MR) is 160 cm³/mol. The number of hydrogen-bond donors (Lipinski definition) is 3. The van der Waals surface area contributed by atoms with Crippen LogP contribution in [0.2, 0.25) is 0 Å². The topological polar surface area (TPSA) is 103 Å². The van der Waals surface area contributed by atoms with Gasteiger partial charge in [0.25, 0.3) is 0 Å². The summed E-state index contributed by atoms with van der Waals surface area (Å²) in [5, 5.41) is 15.9. The zero-order valence-electron chi connectivity index (χ0n) is 24.9. The van der Waals surface area contributed by atoms with Crippen LogP contribution in [0.15, 0.2) is 42.5 Å². The quantitative estimate of drug-likeness (QED) is 0.415. The van der Waals surface area contributed by atoms with Gasteiger partial charge in [-0.05, 0) is 62.7 Å². The molecule has 2 aromatic carbocycles. The summed E-state index contributed by atoms with van der Waals surface area (Å²) in [6, 6.07) is 13.2. The molecule has 1 aliphatic carbocycles. The lowest BCUT2D eigenvalue weighted by atomic mass is 9.96. The van der Waals surface area contributed by atoms with E-state index in [4.69, 9.17) is 9.47 Å². The molecule has 9 nitrogen and oxygen atoms in total. The van der Waals surface area contributed by atoms with Crippen LogP contribution in [-0.2, 0) is 17.8 Å². The van der Waals surface area contributed by atoms with Gasteiger partial charge in [-0.3, -0.25) is 9.69 Å². The molecule has 224 valence electrons. The van der Waals surface area contributed by atoms with E-state index in [0.717, 1.165) is 49.1 Å². The third-order valence-corrected chi connectivity index (χ3v) is 8.22. The fourth-order valence-electron chi connectivity index (χ4n) is 5.74. The van der Waals surface area contributed by atoms with E-state index in [0.29, 0.717) is 24.5 Å². The van der Waals surface area contributed by atoms with Crippen molar-refractivity contribution in [3.63, 3.8) is 0 Å². The molecule has 0 saturated heterocycles. The van der Waals surface area contributed by atoms with Crippen molar-refractivity contribution in [3.05, 3.63) is 53.6 Å². The second-order valence-electron chi connectivity index (χ2n) is 11.7. The van der Waals surface area contributed by atoms with Crippen LogP contribution in [0, 0.1) is 5.92 Å². The lowest BCUT2D eigenvalue weighted by Gasteiger charge is -2.34. The van der Waals surface area contributed by atoms with Crippen molar-refractivity contribution in [2.45, 2.75) is 77.1 Å². The SMILES string of the molecule is COc1ccc(CN(C)C[C@@H]2Oc3ccc(NC(=O)NC4CCCCC4)cc3CC(=O)N([C@@H](C)CO)C[C@@H]2C)cc1. The summed E-state index contributed by atoms with van der Waals surface area (Å²) in [6.07, 6.45) is 5.44. The molecule has 1 fully saturated rings. The highest BCUT2D eigenvalue weighted by Gasteiger charge is 2.31. The van der Waals surface area contributed by atoms with Crippen molar-refractivity contribution >= 4 is 17.6 Å². The third-order valence-electron chi connectivity index (χ3n) is 8.22. The predicted octanol–water partition coefficient (Wildman–Crippen LogP) is 4.43. The Bertz CT molecular complexity index is 1150. The van der Waals surface area contributed by atoms with Gasteiger partial charge < -0.3 is 30.1 Å². The lowest BCUT2D eigenvalue weighted by molar-refractivity contribution is -0.134. The maximum atomic E-state index is 13.5. The van der Waals surface area contributed by atoms with Gasteiger partial charge in [0.05, 0.1) is 26.2 Å². The number of amides is 3. The van der Waals surface area contributed by atoms with Gasteiger partial charge in [-0.25, -0.2) is 4.79 Å². The Morgan fingerprint density at radius 1 is 1.17 bits per heavy atom. The highest BCUT2D eigenvalue weighted by molar-refractivity contribution is 5.90. The number of carbonyl (C=O) groups is 2. The first kappa shape index (κ1) is 30.7. The number of carbonyl (C=O) groups excluding carboxylic acids is 2. The van der Waals surface area contributed by atoms with Crippen LogP contribution < -0.4 is 20.1 Å². The minimum absolute atomic E-state index is 0.0105. The van der Waals surface area contributed by atoms with Crippen LogP contribution >= 0.6 is 0 Å². The van der Waals surface area contributed by atoms with Gasteiger partial charge in [-0.15, -0.1) is 0 Å². The fraction of sp³-hybridized carbons (Fsp3) is 0.562. The third kappa shape index (κ3) is 8.60. The maximum absolute atomic E-state index is 13.5. The van der Waals surface area contributed by atoms with E-state index in [2.05, 4.69) is 41.6 Å². The zero-order valence-corrected chi connectivity index (χ0v) is 24.9. The Morgan fingerprint density at radius 3 is 2.59 bits per heavy atom. The van der Waals surface area contributed by atoms with Gasteiger partial charge in [0.2, 0.25) is 5.91 Å². The molecule has 2 aliphatic rings. The Kier molecular flexibility index (Phi) is 10.9. The van der Waals surface area contributed by atoms with Crippen LogP contribution in [0.1, 0.15) is 57.1 Å². The number of aliphatic hydroxyl groups is 1. The molecular weight excluding hydrogens is 520 g/mol. The molecule has 4 rings (SSSR count). The first-order valence-electron chi connectivity index (χ1n) is 14.8. The number of rotatable bonds is 9. The maximum Gasteiger partial charge on any atom is 0.319 e. The second-order valence-corrected chi connectivity index (χ2v) is 11.7. The number of methoxy groups -OCH3 is 1. The second kappa shape index (κ2) is 14.5. The number of hydrogen-bond acceptors (Lipinski definition) is 6. The highest BCUT2D eigenvalue weighted by atomic mass is 16.5. The molecule has 1 saturated carbocycles. The summed E-state index contributed by atoms with van der Waals surface area (Å²) < 4.78 is 11.9. The molecule has 9 heteroatoms. The number of anilines is 1. The molecule has 0 radical (unpaired) electrons. The lowest BCUT2D eigenvalue weighted by Crippen LogP contribution is -2.47. The average Bonchev–Trinajstić information content (AvgIpc) is 3.01. The van der Waals surface area contributed by atoms with E-state index in [9.17, 15) is 14.7 Å². The standard InChI is InChI=1S/C32H46N4O5/c1-22-18-36(23(2)21-37)31(38)17-25-16-27(34-32(39)33-26-8-6-5-7-9-26)12-15-29(25)41-30(22)20-35(3)19-24-10-13-28(40-4)14-11-24/h10-16,22-23,26,30,37H,5-9,17-21H2,1-4H3,(H2,33,34,39)/t22-,23-,30-/m0/s1. The summed E-state index contributed by atoms with van der Waals surface area (Å²) >= 11 is 0. The molecule has 3 N–H and O–H groups in total.